The first-order chi connectivity index (χ1) is 11.7. The van der Waals surface area contributed by atoms with Crippen molar-refractivity contribution in [2.45, 2.75) is 50.4 Å². The Morgan fingerprint density at radius 2 is 1.96 bits per heavy atom. The van der Waals surface area contributed by atoms with Crippen molar-refractivity contribution in [2.24, 2.45) is 0 Å². The van der Waals surface area contributed by atoms with Crippen molar-refractivity contribution >= 4 is 16.9 Å². The van der Waals surface area contributed by atoms with Crippen LogP contribution in [-0.2, 0) is 11.3 Å². The number of rotatable bonds is 2. The van der Waals surface area contributed by atoms with Gasteiger partial charge in [0.15, 0.2) is 0 Å². The van der Waals surface area contributed by atoms with Gasteiger partial charge in [-0.2, -0.15) is 0 Å². The highest BCUT2D eigenvalue weighted by Gasteiger charge is 2.40. The number of aromatic nitrogens is 1. The van der Waals surface area contributed by atoms with E-state index in [9.17, 15) is 4.79 Å². The van der Waals surface area contributed by atoms with Gasteiger partial charge in [-0.25, -0.2) is 4.79 Å². The van der Waals surface area contributed by atoms with Crippen LogP contribution in [0, 0.1) is 0 Å². The van der Waals surface area contributed by atoms with Gasteiger partial charge >= 0.3 is 5.97 Å². The number of ether oxygens (including phenoxy) is 2. The first kappa shape index (κ1) is 14.3. The van der Waals surface area contributed by atoms with Crippen LogP contribution in [0.4, 0.5) is 0 Å². The van der Waals surface area contributed by atoms with Gasteiger partial charge in [0.1, 0.15) is 18.3 Å². The molecule has 3 aliphatic heterocycles. The minimum Gasteiger partial charge on any atom is -0.476 e. The largest absolute Gasteiger partial charge is 0.476 e. The molecule has 0 spiro atoms. The maximum Gasteiger partial charge on any atom is 0.344 e. The summed E-state index contributed by atoms with van der Waals surface area (Å²) in [5.74, 6) is 0.452. The number of piperidine rings is 1. The first-order valence-corrected chi connectivity index (χ1v) is 8.89. The zero-order valence-corrected chi connectivity index (χ0v) is 13.9. The summed E-state index contributed by atoms with van der Waals surface area (Å²) < 4.78 is 13.8. The third-order valence-corrected chi connectivity index (χ3v) is 6.01. The van der Waals surface area contributed by atoms with Crippen molar-refractivity contribution in [1.29, 1.82) is 0 Å². The third kappa shape index (κ3) is 2.00. The highest BCUT2D eigenvalue weighted by Crippen LogP contribution is 2.38. The van der Waals surface area contributed by atoms with Crippen molar-refractivity contribution < 1.29 is 14.3 Å². The highest BCUT2D eigenvalue weighted by atomic mass is 16.5. The second-order valence-corrected chi connectivity index (χ2v) is 7.25. The molecule has 5 rings (SSSR count). The Hall–Kier alpha value is -2.01. The average Bonchev–Trinajstić information content (AvgIpc) is 3.20. The van der Waals surface area contributed by atoms with Crippen LogP contribution in [0.2, 0.25) is 0 Å². The van der Waals surface area contributed by atoms with Crippen LogP contribution in [0.1, 0.15) is 36.0 Å². The Bertz CT molecular complexity index is 798. The minimum absolute atomic E-state index is 0.0296. The van der Waals surface area contributed by atoms with Crippen molar-refractivity contribution in [2.75, 3.05) is 13.7 Å². The Labute approximate surface area is 141 Å². The average molecular weight is 326 g/mol. The number of benzene rings is 1. The van der Waals surface area contributed by atoms with Gasteiger partial charge in [-0.1, -0.05) is 18.2 Å². The van der Waals surface area contributed by atoms with Crippen molar-refractivity contribution in [3.63, 3.8) is 0 Å². The fraction of sp³-hybridized carbons (Fsp3) is 0.526. The van der Waals surface area contributed by atoms with E-state index in [0.29, 0.717) is 30.1 Å². The highest BCUT2D eigenvalue weighted by molar-refractivity contribution is 6.07. The van der Waals surface area contributed by atoms with E-state index in [1.54, 1.807) is 0 Å². The van der Waals surface area contributed by atoms with E-state index < -0.39 is 0 Å². The van der Waals surface area contributed by atoms with Gasteiger partial charge in [0.05, 0.1) is 12.1 Å². The zero-order chi connectivity index (χ0) is 16.3. The molecule has 0 saturated carbocycles. The van der Waals surface area contributed by atoms with Crippen LogP contribution in [0.25, 0.3) is 10.9 Å². The van der Waals surface area contributed by atoms with Crippen LogP contribution in [0.5, 0.6) is 5.88 Å². The SMILES string of the molecule is CN1[C@@H]2CC[C@H]1C[C@H](OC(=O)c1c3n(c4ccccc14)CCO3)C2. The fourth-order valence-corrected chi connectivity index (χ4v) is 4.75. The van der Waals surface area contributed by atoms with E-state index in [1.165, 1.54) is 12.8 Å². The fourth-order valence-electron chi connectivity index (χ4n) is 4.75. The van der Waals surface area contributed by atoms with E-state index in [1.807, 2.05) is 24.3 Å². The molecule has 2 bridgehead atoms. The lowest BCUT2D eigenvalue weighted by Crippen LogP contribution is -2.43. The second-order valence-electron chi connectivity index (χ2n) is 7.25. The Morgan fingerprint density at radius 3 is 2.75 bits per heavy atom. The molecule has 3 aliphatic rings. The van der Waals surface area contributed by atoms with E-state index in [4.69, 9.17) is 9.47 Å². The molecule has 1 aromatic carbocycles. The van der Waals surface area contributed by atoms with Gasteiger partial charge < -0.3 is 18.9 Å². The normalized spacial score (nSPS) is 28.8. The molecule has 2 fully saturated rings. The molecule has 2 aromatic rings. The predicted molar refractivity (Wildman–Crippen MR) is 90.4 cm³/mol. The molecule has 0 N–H and O–H groups in total. The zero-order valence-electron chi connectivity index (χ0n) is 13.9. The van der Waals surface area contributed by atoms with E-state index in [2.05, 4.69) is 16.5 Å². The van der Waals surface area contributed by atoms with Crippen LogP contribution < -0.4 is 4.74 Å². The van der Waals surface area contributed by atoms with Crippen LogP contribution in [-0.4, -0.2) is 47.3 Å². The van der Waals surface area contributed by atoms with Gasteiger partial charge in [-0.3, -0.25) is 0 Å². The summed E-state index contributed by atoms with van der Waals surface area (Å²) in [6.07, 6.45) is 4.38. The molecule has 4 heterocycles. The molecule has 126 valence electrons. The Morgan fingerprint density at radius 1 is 1.21 bits per heavy atom. The number of para-hydroxylation sites is 1. The quantitative estimate of drug-likeness (QED) is 0.796. The number of nitrogens with zero attached hydrogens (tertiary/aromatic N) is 2. The number of carbonyl (C=O) groups is 1. The molecule has 5 heteroatoms. The molecule has 0 radical (unpaired) electrons. The van der Waals surface area contributed by atoms with Gasteiger partial charge in [-0.05, 0) is 26.0 Å². The summed E-state index contributed by atoms with van der Waals surface area (Å²) in [6, 6.07) is 9.12. The Kier molecular flexibility index (Phi) is 3.13. The van der Waals surface area contributed by atoms with Crippen LogP contribution >= 0.6 is 0 Å². The lowest BCUT2D eigenvalue weighted by atomic mass is 10.0. The summed E-state index contributed by atoms with van der Waals surface area (Å²) >= 11 is 0. The molecule has 1 aromatic heterocycles. The predicted octanol–water partition coefficient (Wildman–Crippen LogP) is 2.82. The van der Waals surface area contributed by atoms with Crippen molar-refractivity contribution in [3.8, 4) is 5.88 Å². The molecule has 0 unspecified atom stereocenters. The van der Waals surface area contributed by atoms with Gasteiger partial charge in [0.2, 0.25) is 5.88 Å². The topological polar surface area (TPSA) is 43.7 Å². The smallest absolute Gasteiger partial charge is 0.344 e. The lowest BCUT2D eigenvalue weighted by Gasteiger charge is -2.35. The number of esters is 1. The molecule has 2 saturated heterocycles. The molecule has 0 aliphatic carbocycles. The minimum atomic E-state index is -0.226. The van der Waals surface area contributed by atoms with Crippen molar-refractivity contribution in [3.05, 3.63) is 29.8 Å². The molecular formula is C19H22N2O3. The standard InChI is InChI=1S/C19H22N2O3/c1-20-12-6-7-13(20)11-14(10-12)24-19(22)17-15-4-2-3-5-16(15)21-8-9-23-18(17)21/h2-5,12-14H,6-11H2,1H3/t12-,13+,14-. The second kappa shape index (κ2) is 5.24. The lowest BCUT2D eigenvalue weighted by molar-refractivity contribution is -0.000499. The summed E-state index contributed by atoms with van der Waals surface area (Å²) in [5.41, 5.74) is 1.66. The maximum atomic E-state index is 12.9. The monoisotopic (exact) mass is 326 g/mol. The van der Waals surface area contributed by atoms with E-state index in [-0.39, 0.29) is 12.1 Å². The molecule has 5 nitrogen and oxygen atoms in total. The molecular weight excluding hydrogens is 304 g/mol. The number of hydrogen-bond acceptors (Lipinski definition) is 4. The van der Waals surface area contributed by atoms with Crippen LogP contribution in [0.3, 0.4) is 0 Å². The summed E-state index contributed by atoms with van der Waals surface area (Å²) in [6.45, 7) is 1.42. The third-order valence-electron chi connectivity index (χ3n) is 6.01. The number of fused-ring (bicyclic) bond motifs is 5. The van der Waals surface area contributed by atoms with Gasteiger partial charge in [0, 0.05) is 30.3 Å². The van der Waals surface area contributed by atoms with Crippen molar-refractivity contribution in [1.82, 2.24) is 9.47 Å². The summed E-state index contributed by atoms with van der Waals surface area (Å²) in [7, 11) is 2.20. The summed E-state index contributed by atoms with van der Waals surface area (Å²) in [5, 5.41) is 0.938. The number of carbonyl (C=O) groups excluding carboxylic acids is 1. The van der Waals surface area contributed by atoms with E-state index >= 15 is 0 Å². The maximum absolute atomic E-state index is 12.9. The van der Waals surface area contributed by atoms with Gasteiger partial charge in [0.25, 0.3) is 0 Å². The molecule has 0 amide bonds. The molecule has 24 heavy (non-hydrogen) atoms. The first-order valence-electron chi connectivity index (χ1n) is 8.89. The van der Waals surface area contributed by atoms with Crippen LogP contribution in [0.15, 0.2) is 24.3 Å². The molecule has 3 atom stereocenters. The Balaban J connectivity index is 1.45. The number of hydrogen-bond donors (Lipinski definition) is 0. The van der Waals surface area contributed by atoms with E-state index in [0.717, 1.165) is 30.3 Å². The summed E-state index contributed by atoms with van der Waals surface area (Å²) in [4.78, 5) is 15.4. The van der Waals surface area contributed by atoms with Gasteiger partial charge in [-0.15, -0.1) is 0 Å².